The van der Waals surface area contributed by atoms with E-state index in [0.29, 0.717) is 6.54 Å². The summed E-state index contributed by atoms with van der Waals surface area (Å²) in [5.41, 5.74) is 1.91. The van der Waals surface area contributed by atoms with E-state index in [1.807, 2.05) is 20.0 Å². The summed E-state index contributed by atoms with van der Waals surface area (Å²) in [6, 6.07) is 6.53. The molecule has 0 radical (unpaired) electrons. The molecule has 0 atom stereocenters. The van der Waals surface area contributed by atoms with Gasteiger partial charge in [0.25, 0.3) is 0 Å². The molecule has 19 heavy (non-hydrogen) atoms. The Labute approximate surface area is 112 Å². The van der Waals surface area contributed by atoms with Crippen LogP contribution in [-0.4, -0.2) is 17.0 Å². The summed E-state index contributed by atoms with van der Waals surface area (Å²) in [6.07, 6.45) is 2.33. The molecule has 0 spiro atoms. The number of aromatic nitrogens is 2. The minimum Gasteiger partial charge on any atom is -0.373 e. The van der Waals surface area contributed by atoms with Crippen LogP contribution in [0.25, 0.3) is 0 Å². The largest absolute Gasteiger partial charge is 0.373 e. The lowest BCUT2D eigenvalue weighted by Gasteiger charge is -2.12. The van der Waals surface area contributed by atoms with Gasteiger partial charge in [0.1, 0.15) is 23.8 Å². The molecule has 0 saturated carbocycles. The summed E-state index contributed by atoms with van der Waals surface area (Å²) in [4.78, 5) is 8.42. The van der Waals surface area contributed by atoms with E-state index in [1.165, 1.54) is 18.5 Å². The standard InChI is InChI=1S/C14H17FN4/c1-3-12-13(16-2)18-9-19-14(12)17-8-10-5-4-6-11(15)7-10/h4-7,9H,3,8H2,1-2H3,(H2,16,17,18,19). The highest BCUT2D eigenvalue weighted by Crippen LogP contribution is 2.20. The smallest absolute Gasteiger partial charge is 0.134 e. The molecule has 4 nitrogen and oxygen atoms in total. The molecule has 0 aliphatic heterocycles. The van der Waals surface area contributed by atoms with Crippen LogP contribution >= 0.6 is 0 Å². The second-order valence-corrected chi connectivity index (χ2v) is 4.14. The van der Waals surface area contributed by atoms with Gasteiger partial charge in [-0.1, -0.05) is 19.1 Å². The molecule has 1 heterocycles. The Morgan fingerprint density at radius 2 is 2.00 bits per heavy atom. The van der Waals surface area contributed by atoms with Crippen LogP contribution < -0.4 is 10.6 Å². The van der Waals surface area contributed by atoms with Crippen LogP contribution in [0.5, 0.6) is 0 Å². The van der Waals surface area contributed by atoms with Crippen molar-refractivity contribution in [1.82, 2.24) is 9.97 Å². The molecule has 2 N–H and O–H groups in total. The number of anilines is 2. The average Bonchev–Trinajstić information content (AvgIpc) is 2.44. The van der Waals surface area contributed by atoms with Crippen LogP contribution in [0.15, 0.2) is 30.6 Å². The fourth-order valence-electron chi connectivity index (χ4n) is 1.95. The fraction of sp³-hybridized carbons (Fsp3) is 0.286. The highest BCUT2D eigenvalue weighted by molar-refractivity contribution is 5.57. The first kappa shape index (κ1) is 13.3. The van der Waals surface area contributed by atoms with Crippen LogP contribution in [0, 0.1) is 5.82 Å². The first-order chi connectivity index (χ1) is 9.24. The third kappa shape index (κ3) is 3.19. The predicted molar refractivity (Wildman–Crippen MR) is 74.7 cm³/mol. The van der Waals surface area contributed by atoms with Crippen LogP contribution in [0.2, 0.25) is 0 Å². The Balaban J connectivity index is 2.15. The first-order valence-corrected chi connectivity index (χ1v) is 6.24. The van der Waals surface area contributed by atoms with Crippen LogP contribution in [0.3, 0.4) is 0 Å². The molecule has 0 unspecified atom stereocenters. The van der Waals surface area contributed by atoms with Crippen LogP contribution in [0.4, 0.5) is 16.0 Å². The van der Waals surface area contributed by atoms with Gasteiger partial charge >= 0.3 is 0 Å². The average molecular weight is 260 g/mol. The summed E-state index contributed by atoms with van der Waals surface area (Å²) in [5, 5.41) is 6.27. The van der Waals surface area contributed by atoms with Gasteiger partial charge in [0.05, 0.1) is 0 Å². The molecule has 2 aromatic rings. The molecule has 0 amide bonds. The van der Waals surface area contributed by atoms with Gasteiger partial charge in [-0.25, -0.2) is 14.4 Å². The summed E-state index contributed by atoms with van der Waals surface area (Å²) >= 11 is 0. The molecule has 0 bridgehead atoms. The van der Waals surface area contributed by atoms with Crippen molar-refractivity contribution in [1.29, 1.82) is 0 Å². The minimum absolute atomic E-state index is 0.228. The Kier molecular flexibility index (Phi) is 4.28. The molecular weight excluding hydrogens is 243 g/mol. The molecular formula is C14H17FN4. The van der Waals surface area contributed by atoms with Crippen molar-refractivity contribution in [2.24, 2.45) is 0 Å². The second kappa shape index (κ2) is 6.13. The number of hydrogen-bond acceptors (Lipinski definition) is 4. The fourth-order valence-corrected chi connectivity index (χ4v) is 1.95. The van der Waals surface area contributed by atoms with Gasteiger partial charge in [-0.3, -0.25) is 0 Å². The lowest BCUT2D eigenvalue weighted by atomic mass is 10.2. The highest BCUT2D eigenvalue weighted by atomic mass is 19.1. The van der Waals surface area contributed by atoms with Gasteiger partial charge in [-0.15, -0.1) is 0 Å². The Bertz CT molecular complexity index is 557. The number of benzene rings is 1. The summed E-state index contributed by atoms with van der Waals surface area (Å²) in [6.45, 7) is 2.58. The zero-order valence-corrected chi connectivity index (χ0v) is 11.1. The first-order valence-electron chi connectivity index (χ1n) is 6.24. The SMILES string of the molecule is CCc1c(NC)ncnc1NCc1cccc(F)c1. The summed E-state index contributed by atoms with van der Waals surface area (Å²) in [5.74, 6) is 1.37. The number of nitrogens with zero attached hydrogens (tertiary/aromatic N) is 2. The van der Waals surface area contributed by atoms with Crippen LogP contribution in [-0.2, 0) is 13.0 Å². The number of halogens is 1. The molecule has 1 aromatic heterocycles. The number of nitrogens with one attached hydrogen (secondary N) is 2. The van der Waals surface area contributed by atoms with E-state index >= 15 is 0 Å². The lowest BCUT2D eigenvalue weighted by molar-refractivity contribution is 0.626. The van der Waals surface area contributed by atoms with Crippen LogP contribution in [0.1, 0.15) is 18.1 Å². The Hall–Kier alpha value is -2.17. The molecule has 100 valence electrons. The van der Waals surface area contributed by atoms with Crippen molar-refractivity contribution < 1.29 is 4.39 Å². The van der Waals surface area contributed by atoms with E-state index in [4.69, 9.17) is 0 Å². The van der Waals surface area contributed by atoms with E-state index < -0.39 is 0 Å². The lowest BCUT2D eigenvalue weighted by Crippen LogP contribution is -2.08. The molecule has 1 aromatic carbocycles. The molecule has 0 fully saturated rings. The maximum Gasteiger partial charge on any atom is 0.134 e. The monoisotopic (exact) mass is 260 g/mol. The van der Waals surface area contributed by atoms with Crippen molar-refractivity contribution in [3.8, 4) is 0 Å². The van der Waals surface area contributed by atoms with E-state index in [1.54, 1.807) is 6.07 Å². The molecule has 0 aliphatic rings. The van der Waals surface area contributed by atoms with Gasteiger partial charge in [-0.2, -0.15) is 0 Å². The van der Waals surface area contributed by atoms with Gasteiger partial charge < -0.3 is 10.6 Å². The zero-order valence-electron chi connectivity index (χ0n) is 11.1. The molecule has 5 heteroatoms. The summed E-state index contributed by atoms with van der Waals surface area (Å²) in [7, 11) is 1.83. The zero-order chi connectivity index (χ0) is 13.7. The minimum atomic E-state index is -0.228. The van der Waals surface area contributed by atoms with Gasteiger partial charge in [0.2, 0.25) is 0 Å². The molecule has 2 rings (SSSR count). The van der Waals surface area contributed by atoms with Gasteiger partial charge in [0.15, 0.2) is 0 Å². The van der Waals surface area contributed by atoms with E-state index in [9.17, 15) is 4.39 Å². The van der Waals surface area contributed by atoms with Gasteiger partial charge in [0, 0.05) is 19.2 Å². The van der Waals surface area contributed by atoms with Crippen molar-refractivity contribution in [2.75, 3.05) is 17.7 Å². The van der Waals surface area contributed by atoms with Crippen molar-refractivity contribution >= 4 is 11.6 Å². The second-order valence-electron chi connectivity index (χ2n) is 4.14. The maximum absolute atomic E-state index is 13.1. The Morgan fingerprint density at radius 3 is 2.68 bits per heavy atom. The van der Waals surface area contributed by atoms with E-state index in [2.05, 4.69) is 20.6 Å². The topological polar surface area (TPSA) is 49.8 Å². The third-order valence-corrected chi connectivity index (χ3v) is 2.88. The molecule has 0 saturated heterocycles. The van der Waals surface area contributed by atoms with Crippen molar-refractivity contribution in [2.45, 2.75) is 19.9 Å². The van der Waals surface area contributed by atoms with Crippen molar-refractivity contribution in [3.05, 3.63) is 47.5 Å². The maximum atomic E-state index is 13.1. The van der Waals surface area contributed by atoms with Crippen molar-refractivity contribution in [3.63, 3.8) is 0 Å². The molecule has 0 aliphatic carbocycles. The van der Waals surface area contributed by atoms with Gasteiger partial charge in [-0.05, 0) is 24.1 Å². The number of rotatable bonds is 5. The third-order valence-electron chi connectivity index (χ3n) is 2.88. The highest BCUT2D eigenvalue weighted by Gasteiger charge is 2.08. The predicted octanol–water partition coefficient (Wildman–Crippen LogP) is 2.83. The normalized spacial score (nSPS) is 10.3. The van der Waals surface area contributed by atoms with E-state index in [0.717, 1.165) is 29.2 Å². The van der Waals surface area contributed by atoms with E-state index in [-0.39, 0.29) is 5.82 Å². The quantitative estimate of drug-likeness (QED) is 0.868. The number of hydrogen-bond donors (Lipinski definition) is 2. The Morgan fingerprint density at radius 1 is 1.21 bits per heavy atom. The summed E-state index contributed by atoms with van der Waals surface area (Å²) < 4.78 is 13.1.